The molecule has 0 unspecified atom stereocenters. The molecule has 0 aliphatic heterocycles. The molecule has 6 heteroatoms. The van der Waals surface area contributed by atoms with Gasteiger partial charge in [-0.25, -0.2) is 4.98 Å². The Balaban J connectivity index is 2.88. The monoisotopic (exact) mass is 316 g/mol. The average Bonchev–Trinajstić information content (AvgIpc) is 2.34. The fraction of sp³-hybridized carbons (Fsp3) is 0.400. The summed E-state index contributed by atoms with van der Waals surface area (Å²) in [5, 5.41) is 3.31. The molecule has 114 valence electrons. The molecule has 2 nitrogen and oxygen atoms in total. The lowest BCUT2D eigenvalue weighted by atomic mass is 9.86. The Labute approximate surface area is 126 Å². The molecular formula is C15H16ClF3N2. The van der Waals surface area contributed by atoms with Crippen molar-refractivity contribution in [3.63, 3.8) is 0 Å². The van der Waals surface area contributed by atoms with Crippen LogP contribution < -0.4 is 5.32 Å². The first-order valence-electron chi connectivity index (χ1n) is 6.44. The number of fused-ring (bicyclic) bond motifs is 1. The Morgan fingerprint density at radius 1 is 1.05 bits per heavy atom. The molecule has 0 amide bonds. The number of nitrogens with one attached hydrogen (secondary N) is 1. The van der Waals surface area contributed by atoms with Crippen molar-refractivity contribution in [2.75, 3.05) is 12.4 Å². The van der Waals surface area contributed by atoms with Crippen LogP contribution >= 0.6 is 11.6 Å². The zero-order chi connectivity index (χ0) is 16.0. The molecule has 1 aromatic carbocycles. The summed E-state index contributed by atoms with van der Waals surface area (Å²) in [4.78, 5) is 4.18. The van der Waals surface area contributed by atoms with Gasteiger partial charge in [-0.1, -0.05) is 32.4 Å². The maximum Gasteiger partial charge on any atom is 0.418 e. The molecule has 2 rings (SSSR count). The molecular weight excluding hydrogens is 301 g/mol. The lowest BCUT2D eigenvalue weighted by molar-refractivity contribution is -0.136. The summed E-state index contributed by atoms with van der Waals surface area (Å²) in [6, 6.07) is 4.14. The predicted molar refractivity (Wildman–Crippen MR) is 80.0 cm³/mol. The zero-order valence-corrected chi connectivity index (χ0v) is 12.9. The van der Waals surface area contributed by atoms with Crippen LogP contribution in [0.15, 0.2) is 18.2 Å². The second-order valence-electron chi connectivity index (χ2n) is 5.91. The van der Waals surface area contributed by atoms with Crippen molar-refractivity contribution >= 4 is 28.3 Å². The average molecular weight is 317 g/mol. The van der Waals surface area contributed by atoms with E-state index in [1.165, 1.54) is 6.07 Å². The van der Waals surface area contributed by atoms with E-state index in [-0.39, 0.29) is 16.0 Å². The predicted octanol–water partition coefficient (Wildman–Crippen LogP) is 5.25. The van der Waals surface area contributed by atoms with Gasteiger partial charge in [-0.2, -0.15) is 13.2 Å². The van der Waals surface area contributed by atoms with Crippen LogP contribution in [0.3, 0.4) is 0 Å². The van der Waals surface area contributed by atoms with E-state index in [9.17, 15) is 13.2 Å². The zero-order valence-electron chi connectivity index (χ0n) is 12.2. The minimum atomic E-state index is -4.50. The van der Waals surface area contributed by atoms with Gasteiger partial charge in [0.1, 0.15) is 5.82 Å². The molecule has 0 aliphatic carbocycles. The van der Waals surface area contributed by atoms with Crippen LogP contribution in [0.5, 0.6) is 0 Å². The van der Waals surface area contributed by atoms with E-state index in [4.69, 9.17) is 11.6 Å². The summed E-state index contributed by atoms with van der Waals surface area (Å²) in [5.74, 6) is 0.447. The number of halogens is 4. The summed E-state index contributed by atoms with van der Waals surface area (Å²) in [6.45, 7) is 5.93. The molecule has 1 N–H and O–H groups in total. The molecule has 0 spiro atoms. The van der Waals surface area contributed by atoms with Crippen molar-refractivity contribution in [1.82, 2.24) is 4.98 Å². The molecule has 0 fully saturated rings. The highest BCUT2D eigenvalue weighted by Crippen LogP contribution is 2.39. The van der Waals surface area contributed by atoms with Crippen molar-refractivity contribution in [3.05, 3.63) is 34.3 Å². The van der Waals surface area contributed by atoms with Gasteiger partial charge in [0.2, 0.25) is 0 Å². The summed E-state index contributed by atoms with van der Waals surface area (Å²) in [5.41, 5.74) is -0.320. The number of hydrogen-bond acceptors (Lipinski definition) is 2. The molecule has 0 radical (unpaired) electrons. The molecule has 0 aliphatic rings. The van der Waals surface area contributed by atoms with Gasteiger partial charge in [0.15, 0.2) is 0 Å². The quantitative estimate of drug-likeness (QED) is 0.777. The maximum absolute atomic E-state index is 13.1. The van der Waals surface area contributed by atoms with Crippen molar-refractivity contribution < 1.29 is 13.2 Å². The standard InChI is InChI=1S/C15H16ClF3N2/c1-14(2,3)11-6-8-5-9(16)7-10(15(17,18)19)12(8)21-13(11)20-4/h5-7H,1-4H3,(H,20,21). The Morgan fingerprint density at radius 2 is 1.67 bits per heavy atom. The highest BCUT2D eigenvalue weighted by molar-refractivity contribution is 6.31. The van der Waals surface area contributed by atoms with E-state index in [1.807, 2.05) is 20.8 Å². The fourth-order valence-corrected chi connectivity index (χ4v) is 2.46. The van der Waals surface area contributed by atoms with Crippen molar-refractivity contribution in [1.29, 1.82) is 0 Å². The van der Waals surface area contributed by atoms with E-state index >= 15 is 0 Å². The van der Waals surface area contributed by atoms with E-state index in [1.54, 1.807) is 13.1 Å². The van der Waals surface area contributed by atoms with Crippen LogP contribution in [0.25, 0.3) is 10.9 Å². The van der Waals surface area contributed by atoms with Gasteiger partial charge in [0.25, 0.3) is 0 Å². The van der Waals surface area contributed by atoms with Crippen LogP contribution in [0.4, 0.5) is 19.0 Å². The Bertz CT molecular complexity index is 688. The summed E-state index contributed by atoms with van der Waals surface area (Å²) in [7, 11) is 1.65. The van der Waals surface area contributed by atoms with Crippen LogP contribution in [-0.2, 0) is 11.6 Å². The van der Waals surface area contributed by atoms with Gasteiger partial charge in [0.05, 0.1) is 11.1 Å². The van der Waals surface area contributed by atoms with Crippen molar-refractivity contribution in [3.8, 4) is 0 Å². The number of benzene rings is 1. The van der Waals surface area contributed by atoms with Gasteiger partial charge < -0.3 is 5.32 Å². The molecule has 0 bridgehead atoms. The van der Waals surface area contributed by atoms with Crippen LogP contribution in [0, 0.1) is 0 Å². The van der Waals surface area contributed by atoms with Crippen molar-refractivity contribution in [2.24, 2.45) is 0 Å². The molecule has 0 saturated carbocycles. The second kappa shape index (κ2) is 5.05. The van der Waals surface area contributed by atoms with Gasteiger partial charge in [-0.05, 0) is 23.6 Å². The molecule has 1 aromatic heterocycles. The number of alkyl halides is 3. The van der Waals surface area contributed by atoms with Crippen molar-refractivity contribution in [2.45, 2.75) is 32.4 Å². The lowest BCUT2D eigenvalue weighted by Gasteiger charge is -2.23. The fourth-order valence-electron chi connectivity index (χ4n) is 2.23. The van der Waals surface area contributed by atoms with Gasteiger partial charge in [-0.15, -0.1) is 0 Å². The first-order chi connectivity index (χ1) is 9.54. The minimum Gasteiger partial charge on any atom is -0.373 e. The van der Waals surface area contributed by atoms with Crippen LogP contribution in [0.2, 0.25) is 5.02 Å². The number of rotatable bonds is 1. The highest BCUT2D eigenvalue weighted by atomic mass is 35.5. The number of hydrogen-bond donors (Lipinski definition) is 1. The summed E-state index contributed by atoms with van der Waals surface area (Å²) >= 11 is 5.83. The molecule has 21 heavy (non-hydrogen) atoms. The van der Waals surface area contributed by atoms with E-state index in [0.29, 0.717) is 11.2 Å². The van der Waals surface area contributed by atoms with Gasteiger partial charge in [0, 0.05) is 23.0 Å². The Morgan fingerprint density at radius 3 is 2.14 bits per heavy atom. The lowest BCUT2D eigenvalue weighted by Crippen LogP contribution is -2.16. The van der Waals surface area contributed by atoms with Crippen LogP contribution in [0.1, 0.15) is 31.9 Å². The molecule has 1 heterocycles. The van der Waals surface area contributed by atoms with Gasteiger partial charge in [-0.3, -0.25) is 0 Å². The molecule has 0 atom stereocenters. The Kier molecular flexibility index (Phi) is 3.82. The maximum atomic E-state index is 13.1. The minimum absolute atomic E-state index is 0.0497. The summed E-state index contributed by atoms with van der Waals surface area (Å²) in [6.07, 6.45) is -4.50. The molecule has 2 aromatic rings. The topological polar surface area (TPSA) is 24.9 Å². The number of anilines is 1. The normalized spacial score (nSPS) is 12.8. The van der Waals surface area contributed by atoms with Crippen LogP contribution in [-0.4, -0.2) is 12.0 Å². The van der Waals surface area contributed by atoms with E-state index in [0.717, 1.165) is 11.6 Å². The van der Waals surface area contributed by atoms with E-state index in [2.05, 4.69) is 10.3 Å². The first kappa shape index (κ1) is 15.9. The first-order valence-corrected chi connectivity index (χ1v) is 6.81. The largest absolute Gasteiger partial charge is 0.418 e. The number of aromatic nitrogens is 1. The number of nitrogens with zero attached hydrogens (tertiary/aromatic N) is 1. The summed E-state index contributed by atoms with van der Waals surface area (Å²) < 4.78 is 39.4. The smallest absolute Gasteiger partial charge is 0.373 e. The second-order valence-corrected chi connectivity index (χ2v) is 6.34. The van der Waals surface area contributed by atoms with E-state index < -0.39 is 11.7 Å². The third kappa shape index (κ3) is 3.07. The third-order valence-corrected chi connectivity index (χ3v) is 3.45. The SMILES string of the molecule is CNc1nc2c(C(F)(F)F)cc(Cl)cc2cc1C(C)(C)C. The number of pyridine rings is 1. The molecule has 0 saturated heterocycles. The Hall–Kier alpha value is -1.49. The third-order valence-electron chi connectivity index (χ3n) is 3.23. The van der Waals surface area contributed by atoms with Gasteiger partial charge >= 0.3 is 6.18 Å². The highest BCUT2D eigenvalue weighted by Gasteiger charge is 2.34.